The number of hydrogen-bond donors (Lipinski definition) is 0. The van der Waals surface area contributed by atoms with Gasteiger partial charge in [-0.2, -0.15) is 0 Å². The van der Waals surface area contributed by atoms with Crippen molar-refractivity contribution in [2.24, 2.45) is 11.8 Å². The standard InChI is InChI=1S/C19H28N2O3/c1-13(2)20-9-14-7-15(10-20)12-21(11-14)19(22)16-5-6-17(23-3)18(8-16)24-4/h5-6,8,13-15H,7,9-12H2,1-4H3. The van der Waals surface area contributed by atoms with Crippen LogP contribution in [0.15, 0.2) is 18.2 Å². The van der Waals surface area contributed by atoms with Crippen LogP contribution in [-0.2, 0) is 0 Å². The van der Waals surface area contributed by atoms with E-state index in [4.69, 9.17) is 9.47 Å². The van der Waals surface area contributed by atoms with Gasteiger partial charge in [0.05, 0.1) is 14.2 Å². The smallest absolute Gasteiger partial charge is 0.254 e. The molecule has 5 heteroatoms. The van der Waals surface area contributed by atoms with Gasteiger partial charge in [0.15, 0.2) is 11.5 Å². The molecule has 0 spiro atoms. The lowest BCUT2D eigenvalue weighted by molar-refractivity contribution is 0.0168. The highest BCUT2D eigenvalue weighted by Gasteiger charge is 2.36. The van der Waals surface area contributed by atoms with Crippen LogP contribution >= 0.6 is 0 Å². The van der Waals surface area contributed by atoms with Crippen LogP contribution in [0.25, 0.3) is 0 Å². The molecule has 2 unspecified atom stereocenters. The highest BCUT2D eigenvalue weighted by molar-refractivity contribution is 5.95. The van der Waals surface area contributed by atoms with Crippen molar-refractivity contribution in [3.63, 3.8) is 0 Å². The molecule has 0 aromatic heterocycles. The van der Waals surface area contributed by atoms with Crippen molar-refractivity contribution >= 4 is 5.91 Å². The predicted molar refractivity (Wildman–Crippen MR) is 93.8 cm³/mol. The molecule has 2 atom stereocenters. The quantitative estimate of drug-likeness (QED) is 0.850. The molecule has 2 saturated heterocycles. The highest BCUT2D eigenvalue weighted by Crippen LogP contribution is 2.32. The van der Waals surface area contributed by atoms with Gasteiger partial charge in [0.2, 0.25) is 0 Å². The Kier molecular flexibility index (Phi) is 4.99. The van der Waals surface area contributed by atoms with Gasteiger partial charge >= 0.3 is 0 Å². The maximum atomic E-state index is 12.9. The maximum absolute atomic E-state index is 12.9. The number of nitrogens with zero attached hydrogens (tertiary/aromatic N) is 2. The number of hydrogen-bond acceptors (Lipinski definition) is 4. The first kappa shape index (κ1) is 17.1. The van der Waals surface area contributed by atoms with E-state index in [1.807, 2.05) is 11.0 Å². The number of fused-ring (bicyclic) bond motifs is 2. The Bertz CT molecular complexity index is 588. The fourth-order valence-electron chi connectivity index (χ4n) is 4.06. The lowest BCUT2D eigenvalue weighted by Gasteiger charge is -2.47. The largest absolute Gasteiger partial charge is 0.493 e. The summed E-state index contributed by atoms with van der Waals surface area (Å²) in [5.74, 6) is 2.53. The van der Waals surface area contributed by atoms with Gasteiger partial charge in [-0.25, -0.2) is 0 Å². The van der Waals surface area contributed by atoms with E-state index in [1.54, 1.807) is 26.4 Å². The lowest BCUT2D eigenvalue weighted by atomic mass is 9.84. The van der Waals surface area contributed by atoms with Crippen LogP contribution in [-0.4, -0.2) is 62.1 Å². The second kappa shape index (κ2) is 7.01. The first-order valence-electron chi connectivity index (χ1n) is 8.77. The Morgan fingerprint density at radius 3 is 2.21 bits per heavy atom. The van der Waals surface area contributed by atoms with E-state index in [2.05, 4.69) is 18.7 Å². The van der Waals surface area contributed by atoms with Gasteiger partial charge in [0.25, 0.3) is 5.91 Å². The topological polar surface area (TPSA) is 42.0 Å². The number of likely N-dealkylation sites (tertiary alicyclic amines) is 2. The van der Waals surface area contributed by atoms with E-state index >= 15 is 0 Å². The molecule has 5 nitrogen and oxygen atoms in total. The Hall–Kier alpha value is -1.75. The monoisotopic (exact) mass is 332 g/mol. The number of ether oxygens (including phenoxy) is 2. The molecule has 1 amide bonds. The van der Waals surface area contributed by atoms with Crippen molar-refractivity contribution < 1.29 is 14.3 Å². The van der Waals surface area contributed by atoms with Crippen molar-refractivity contribution in [1.29, 1.82) is 0 Å². The second-order valence-corrected chi connectivity index (χ2v) is 7.30. The van der Waals surface area contributed by atoms with Gasteiger partial charge in [0.1, 0.15) is 0 Å². The number of benzene rings is 1. The highest BCUT2D eigenvalue weighted by atomic mass is 16.5. The van der Waals surface area contributed by atoms with Crippen molar-refractivity contribution in [1.82, 2.24) is 9.80 Å². The maximum Gasteiger partial charge on any atom is 0.254 e. The van der Waals surface area contributed by atoms with Crippen molar-refractivity contribution in [3.05, 3.63) is 23.8 Å². The Balaban J connectivity index is 1.73. The second-order valence-electron chi connectivity index (χ2n) is 7.30. The van der Waals surface area contributed by atoms with Crippen molar-refractivity contribution in [3.8, 4) is 11.5 Å². The molecule has 0 aliphatic carbocycles. The number of methoxy groups -OCH3 is 2. The molecular formula is C19H28N2O3. The Morgan fingerprint density at radius 1 is 1.04 bits per heavy atom. The third-order valence-electron chi connectivity index (χ3n) is 5.26. The fraction of sp³-hybridized carbons (Fsp3) is 0.632. The van der Waals surface area contributed by atoms with E-state index in [0.29, 0.717) is 34.9 Å². The van der Waals surface area contributed by atoms with Crippen LogP contribution in [0.3, 0.4) is 0 Å². The summed E-state index contributed by atoms with van der Waals surface area (Å²) in [6.07, 6.45) is 1.25. The van der Waals surface area contributed by atoms with Crippen LogP contribution in [0.1, 0.15) is 30.6 Å². The van der Waals surface area contributed by atoms with Crippen molar-refractivity contribution in [2.75, 3.05) is 40.4 Å². The average molecular weight is 332 g/mol. The molecule has 1 aromatic carbocycles. The minimum Gasteiger partial charge on any atom is -0.493 e. The molecule has 0 radical (unpaired) electrons. The third-order valence-corrected chi connectivity index (χ3v) is 5.26. The first-order chi connectivity index (χ1) is 11.5. The van der Waals surface area contributed by atoms with Gasteiger partial charge in [-0.1, -0.05) is 0 Å². The molecule has 2 aliphatic heterocycles. The van der Waals surface area contributed by atoms with Crippen LogP contribution in [0.2, 0.25) is 0 Å². The fourth-order valence-corrected chi connectivity index (χ4v) is 4.06. The zero-order chi connectivity index (χ0) is 17.3. The van der Waals surface area contributed by atoms with Crippen LogP contribution in [0.4, 0.5) is 0 Å². The molecule has 2 bridgehead atoms. The van der Waals surface area contributed by atoms with Gasteiger partial charge in [0, 0.05) is 37.8 Å². The van der Waals surface area contributed by atoms with Crippen molar-refractivity contribution in [2.45, 2.75) is 26.3 Å². The molecule has 2 heterocycles. The summed E-state index contributed by atoms with van der Waals surface area (Å²) in [5.41, 5.74) is 0.674. The summed E-state index contributed by atoms with van der Waals surface area (Å²) in [7, 11) is 3.20. The number of carbonyl (C=O) groups excluding carboxylic acids is 1. The van der Waals surface area contributed by atoms with E-state index in [0.717, 1.165) is 26.2 Å². The molecular weight excluding hydrogens is 304 g/mol. The summed E-state index contributed by atoms with van der Waals surface area (Å²) in [4.78, 5) is 17.5. The van der Waals surface area contributed by atoms with Crippen LogP contribution in [0, 0.1) is 11.8 Å². The van der Waals surface area contributed by atoms with Crippen LogP contribution in [0.5, 0.6) is 11.5 Å². The number of amides is 1. The van der Waals surface area contributed by atoms with Crippen LogP contribution < -0.4 is 9.47 Å². The van der Waals surface area contributed by atoms with Gasteiger partial charge in [-0.05, 0) is 50.3 Å². The molecule has 0 N–H and O–H groups in total. The molecule has 0 saturated carbocycles. The number of rotatable bonds is 4. The normalized spacial score (nSPS) is 24.1. The SMILES string of the molecule is COc1ccc(C(=O)N2CC3CC(C2)CN(C(C)C)C3)cc1OC. The summed E-state index contributed by atoms with van der Waals surface area (Å²) in [6.45, 7) is 8.43. The minimum atomic E-state index is 0.101. The number of piperidine rings is 2. The third kappa shape index (κ3) is 3.36. The van der Waals surface area contributed by atoms with E-state index < -0.39 is 0 Å². The predicted octanol–water partition coefficient (Wildman–Crippen LogP) is 2.51. The lowest BCUT2D eigenvalue weighted by Crippen LogP contribution is -2.55. The minimum absolute atomic E-state index is 0.101. The molecule has 132 valence electrons. The number of carbonyl (C=O) groups is 1. The van der Waals surface area contributed by atoms with E-state index in [1.165, 1.54) is 6.42 Å². The molecule has 2 fully saturated rings. The van der Waals surface area contributed by atoms with E-state index in [-0.39, 0.29) is 5.91 Å². The van der Waals surface area contributed by atoms with Gasteiger partial charge in [-0.3, -0.25) is 4.79 Å². The van der Waals surface area contributed by atoms with Gasteiger partial charge < -0.3 is 19.3 Å². The molecule has 3 rings (SSSR count). The zero-order valence-electron chi connectivity index (χ0n) is 15.1. The van der Waals surface area contributed by atoms with Gasteiger partial charge in [-0.15, -0.1) is 0 Å². The Morgan fingerprint density at radius 2 is 1.67 bits per heavy atom. The molecule has 24 heavy (non-hydrogen) atoms. The van der Waals surface area contributed by atoms with E-state index in [9.17, 15) is 4.79 Å². The summed E-state index contributed by atoms with van der Waals surface area (Å²) in [6, 6.07) is 6.00. The summed E-state index contributed by atoms with van der Waals surface area (Å²) >= 11 is 0. The molecule has 2 aliphatic rings. The average Bonchev–Trinajstić information content (AvgIpc) is 2.59. The summed E-state index contributed by atoms with van der Waals surface area (Å²) < 4.78 is 10.6. The summed E-state index contributed by atoms with van der Waals surface area (Å²) in [5, 5.41) is 0. The molecule has 1 aromatic rings. The first-order valence-corrected chi connectivity index (χ1v) is 8.77. The zero-order valence-corrected chi connectivity index (χ0v) is 15.1. The Labute approximate surface area is 144 Å².